The fraction of sp³-hybridized carbons (Fsp3) is 0.444. The number of carbonyl (C=O) groups is 1. The first-order valence-electron chi connectivity index (χ1n) is 7.98. The van der Waals surface area contributed by atoms with Gasteiger partial charge < -0.3 is 14.4 Å². The molecule has 0 aliphatic carbocycles. The number of piperidine rings is 1. The standard InChI is InChI=1S/C18H22N2O3S/c1-18(17-19-6-9-24-17)4-7-20(8-5-18)16(21)13-10-14(22-2)12-15(11-13)23-3/h6,9-12H,4-5,7-8H2,1-3H3. The van der Waals surface area contributed by atoms with Gasteiger partial charge in [0.1, 0.15) is 11.5 Å². The average Bonchev–Trinajstić information content (AvgIpc) is 3.17. The van der Waals surface area contributed by atoms with Gasteiger partial charge in [-0.25, -0.2) is 4.98 Å². The Labute approximate surface area is 146 Å². The molecule has 1 fully saturated rings. The van der Waals surface area contributed by atoms with E-state index in [2.05, 4.69) is 11.9 Å². The highest BCUT2D eigenvalue weighted by Gasteiger charge is 2.35. The van der Waals surface area contributed by atoms with E-state index in [-0.39, 0.29) is 11.3 Å². The first-order chi connectivity index (χ1) is 11.6. The summed E-state index contributed by atoms with van der Waals surface area (Å²) in [6.07, 6.45) is 3.70. The fourth-order valence-corrected chi connectivity index (χ4v) is 3.91. The third-order valence-corrected chi connectivity index (χ3v) is 5.78. The predicted molar refractivity (Wildman–Crippen MR) is 94.1 cm³/mol. The van der Waals surface area contributed by atoms with Gasteiger partial charge >= 0.3 is 0 Å². The predicted octanol–water partition coefficient (Wildman–Crippen LogP) is 3.35. The van der Waals surface area contributed by atoms with E-state index >= 15 is 0 Å². The molecule has 0 N–H and O–H groups in total. The number of benzene rings is 1. The van der Waals surface area contributed by atoms with Crippen molar-refractivity contribution in [3.63, 3.8) is 0 Å². The lowest BCUT2D eigenvalue weighted by Gasteiger charge is -2.38. The van der Waals surface area contributed by atoms with E-state index in [1.165, 1.54) is 0 Å². The third kappa shape index (κ3) is 3.24. The molecule has 0 unspecified atom stereocenters. The lowest BCUT2D eigenvalue weighted by Crippen LogP contribution is -2.43. The van der Waals surface area contributed by atoms with E-state index in [4.69, 9.17) is 9.47 Å². The molecule has 128 valence electrons. The van der Waals surface area contributed by atoms with Crippen LogP contribution in [-0.2, 0) is 5.41 Å². The molecule has 1 aromatic heterocycles. The summed E-state index contributed by atoms with van der Waals surface area (Å²) in [6, 6.07) is 5.30. The summed E-state index contributed by atoms with van der Waals surface area (Å²) < 4.78 is 10.5. The Bertz CT molecular complexity index is 685. The van der Waals surface area contributed by atoms with Crippen LogP contribution in [0.5, 0.6) is 11.5 Å². The molecule has 5 nitrogen and oxygen atoms in total. The van der Waals surface area contributed by atoms with Gasteiger partial charge in [0.25, 0.3) is 5.91 Å². The van der Waals surface area contributed by atoms with Crippen molar-refractivity contribution in [3.8, 4) is 11.5 Å². The van der Waals surface area contributed by atoms with Gasteiger partial charge in [-0.15, -0.1) is 11.3 Å². The summed E-state index contributed by atoms with van der Waals surface area (Å²) >= 11 is 1.70. The molecule has 0 radical (unpaired) electrons. The average molecular weight is 346 g/mol. The van der Waals surface area contributed by atoms with Crippen molar-refractivity contribution in [3.05, 3.63) is 40.3 Å². The first kappa shape index (κ1) is 16.8. The largest absolute Gasteiger partial charge is 0.497 e. The second kappa shape index (κ2) is 6.81. The highest BCUT2D eigenvalue weighted by molar-refractivity contribution is 7.09. The SMILES string of the molecule is COc1cc(OC)cc(C(=O)N2CCC(C)(c3nccs3)CC2)c1. The van der Waals surface area contributed by atoms with Gasteiger partial charge in [0.05, 0.1) is 19.2 Å². The summed E-state index contributed by atoms with van der Waals surface area (Å²) in [4.78, 5) is 19.2. The molecule has 3 rings (SSSR count). The second-order valence-electron chi connectivity index (χ2n) is 6.29. The van der Waals surface area contributed by atoms with Crippen molar-refractivity contribution in [1.29, 1.82) is 0 Å². The van der Waals surface area contributed by atoms with E-state index in [9.17, 15) is 4.79 Å². The molecule has 2 heterocycles. The number of methoxy groups -OCH3 is 2. The minimum Gasteiger partial charge on any atom is -0.497 e. The van der Waals surface area contributed by atoms with E-state index in [1.807, 2.05) is 16.5 Å². The van der Waals surface area contributed by atoms with Gasteiger partial charge in [0.15, 0.2) is 0 Å². The number of rotatable bonds is 4. The summed E-state index contributed by atoms with van der Waals surface area (Å²) in [5.41, 5.74) is 0.667. The van der Waals surface area contributed by atoms with Crippen LogP contribution in [-0.4, -0.2) is 43.1 Å². The lowest BCUT2D eigenvalue weighted by molar-refractivity contribution is 0.0675. The number of hydrogen-bond acceptors (Lipinski definition) is 5. The molecule has 24 heavy (non-hydrogen) atoms. The highest BCUT2D eigenvalue weighted by atomic mass is 32.1. The van der Waals surface area contributed by atoms with E-state index < -0.39 is 0 Å². The highest BCUT2D eigenvalue weighted by Crippen LogP contribution is 2.36. The zero-order valence-electron chi connectivity index (χ0n) is 14.2. The van der Waals surface area contributed by atoms with Crippen molar-refractivity contribution < 1.29 is 14.3 Å². The van der Waals surface area contributed by atoms with E-state index in [1.54, 1.807) is 43.8 Å². The normalized spacial score (nSPS) is 16.7. The zero-order valence-corrected chi connectivity index (χ0v) is 15.1. The van der Waals surface area contributed by atoms with Crippen LogP contribution in [0, 0.1) is 0 Å². The molecule has 1 aliphatic heterocycles. The molecule has 1 amide bonds. The van der Waals surface area contributed by atoms with Gasteiger partial charge in [0, 0.05) is 41.7 Å². The summed E-state index contributed by atoms with van der Waals surface area (Å²) in [6.45, 7) is 3.70. The van der Waals surface area contributed by atoms with Crippen molar-refractivity contribution in [1.82, 2.24) is 9.88 Å². The Kier molecular flexibility index (Phi) is 4.76. The summed E-state index contributed by atoms with van der Waals surface area (Å²) in [5.74, 6) is 1.28. The van der Waals surface area contributed by atoms with Crippen molar-refractivity contribution >= 4 is 17.2 Å². The molecule has 0 saturated carbocycles. The van der Waals surface area contributed by atoms with Crippen LogP contribution >= 0.6 is 11.3 Å². The van der Waals surface area contributed by atoms with Crippen LogP contribution in [0.15, 0.2) is 29.8 Å². The number of amides is 1. The van der Waals surface area contributed by atoms with E-state index in [0.717, 1.165) is 30.9 Å². The van der Waals surface area contributed by atoms with Gasteiger partial charge in [-0.05, 0) is 25.0 Å². The Hall–Kier alpha value is -2.08. The Morgan fingerprint density at radius 1 is 1.17 bits per heavy atom. The molecule has 0 bridgehead atoms. The first-order valence-corrected chi connectivity index (χ1v) is 8.86. The maximum absolute atomic E-state index is 12.8. The van der Waals surface area contributed by atoms with Crippen LogP contribution in [0.1, 0.15) is 35.1 Å². The number of ether oxygens (including phenoxy) is 2. The van der Waals surface area contributed by atoms with Gasteiger partial charge in [-0.2, -0.15) is 0 Å². The maximum atomic E-state index is 12.8. The molecule has 1 aromatic carbocycles. The molecule has 1 saturated heterocycles. The van der Waals surface area contributed by atoms with Crippen molar-refractivity contribution in [2.45, 2.75) is 25.2 Å². The molecular weight excluding hydrogens is 324 g/mol. The number of thiazole rings is 1. The van der Waals surface area contributed by atoms with Gasteiger partial charge in [0.2, 0.25) is 0 Å². The topological polar surface area (TPSA) is 51.7 Å². The number of carbonyl (C=O) groups excluding carboxylic acids is 1. The minimum atomic E-state index is 0.0217. The monoisotopic (exact) mass is 346 g/mol. The molecular formula is C18H22N2O3S. The van der Waals surface area contributed by atoms with Gasteiger partial charge in [-0.1, -0.05) is 6.92 Å². The second-order valence-corrected chi connectivity index (χ2v) is 7.19. The Morgan fingerprint density at radius 2 is 1.79 bits per heavy atom. The van der Waals surface area contributed by atoms with Crippen LogP contribution in [0.2, 0.25) is 0 Å². The molecule has 1 aliphatic rings. The minimum absolute atomic E-state index is 0.0217. The fourth-order valence-electron chi connectivity index (χ4n) is 3.05. The number of likely N-dealkylation sites (tertiary alicyclic amines) is 1. The molecule has 6 heteroatoms. The number of aromatic nitrogens is 1. The zero-order chi connectivity index (χ0) is 17.2. The molecule has 2 aromatic rings. The van der Waals surface area contributed by atoms with Crippen LogP contribution < -0.4 is 9.47 Å². The smallest absolute Gasteiger partial charge is 0.254 e. The van der Waals surface area contributed by atoms with Gasteiger partial charge in [-0.3, -0.25) is 4.79 Å². The summed E-state index contributed by atoms with van der Waals surface area (Å²) in [7, 11) is 3.17. The molecule has 0 atom stereocenters. The third-order valence-electron chi connectivity index (χ3n) is 4.70. The summed E-state index contributed by atoms with van der Waals surface area (Å²) in [5, 5.41) is 3.18. The van der Waals surface area contributed by atoms with Crippen LogP contribution in [0.3, 0.4) is 0 Å². The number of nitrogens with zero attached hydrogens (tertiary/aromatic N) is 2. The van der Waals surface area contributed by atoms with Crippen LogP contribution in [0.4, 0.5) is 0 Å². The maximum Gasteiger partial charge on any atom is 0.254 e. The van der Waals surface area contributed by atoms with Crippen molar-refractivity contribution in [2.24, 2.45) is 0 Å². The quantitative estimate of drug-likeness (QED) is 0.852. The Morgan fingerprint density at radius 3 is 2.29 bits per heavy atom. The molecule has 0 spiro atoms. The number of hydrogen-bond donors (Lipinski definition) is 0. The Balaban J connectivity index is 1.74. The lowest BCUT2D eigenvalue weighted by atomic mass is 9.81. The van der Waals surface area contributed by atoms with E-state index in [0.29, 0.717) is 17.1 Å². The van der Waals surface area contributed by atoms with Crippen LogP contribution in [0.25, 0.3) is 0 Å². The van der Waals surface area contributed by atoms with Crippen molar-refractivity contribution in [2.75, 3.05) is 27.3 Å².